The third-order valence-electron chi connectivity index (χ3n) is 1.44. The first-order valence-electron chi connectivity index (χ1n) is 4.82. The number of urea groups is 1. The Morgan fingerprint density at radius 1 is 1.31 bits per heavy atom. The number of halogens is 1. The summed E-state index contributed by atoms with van der Waals surface area (Å²) >= 11 is 5.46. The molecule has 7 heteroatoms. The highest BCUT2D eigenvalue weighted by Gasteiger charge is 2.16. The number of hydrazine groups is 1. The summed E-state index contributed by atoms with van der Waals surface area (Å²) in [4.78, 5) is 23.8. The second-order valence-electron chi connectivity index (χ2n) is 4.17. The van der Waals surface area contributed by atoms with E-state index in [2.05, 4.69) is 10.9 Å². The smallest absolute Gasteiger partial charge is 0.426 e. The lowest BCUT2D eigenvalue weighted by Crippen LogP contribution is -2.49. The van der Waals surface area contributed by atoms with Crippen molar-refractivity contribution in [1.29, 1.82) is 0 Å². The Labute approximate surface area is 100 Å². The first-order valence-corrected chi connectivity index (χ1v) is 5.36. The molecule has 0 heterocycles. The van der Waals surface area contributed by atoms with Crippen LogP contribution in [-0.4, -0.2) is 42.1 Å². The second kappa shape index (κ2) is 6.42. The van der Waals surface area contributed by atoms with Gasteiger partial charge >= 0.3 is 12.1 Å². The fourth-order valence-corrected chi connectivity index (χ4v) is 0.985. The van der Waals surface area contributed by atoms with Crippen molar-refractivity contribution in [3.63, 3.8) is 0 Å². The quantitative estimate of drug-likeness (QED) is 0.574. The maximum atomic E-state index is 11.3. The predicted molar refractivity (Wildman–Crippen MR) is 61.3 cm³/mol. The number of hydrogen-bond donors (Lipinski definition) is 2. The summed E-state index contributed by atoms with van der Waals surface area (Å²) in [5.74, 6) is 0.330. The molecule has 2 N–H and O–H groups in total. The Balaban J connectivity index is 3.88. The summed E-state index contributed by atoms with van der Waals surface area (Å²) in [6, 6.07) is -0.452. The Morgan fingerprint density at radius 2 is 1.88 bits per heavy atom. The van der Waals surface area contributed by atoms with Crippen LogP contribution in [0.2, 0.25) is 0 Å². The molecule has 3 amide bonds. The van der Waals surface area contributed by atoms with Gasteiger partial charge in [-0.2, -0.15) is 0 Å². The standard InChI is InChI=1S/C9H18ClN3O3/c1-9(2,3)16-8(15)12-11-7(14)13(4)6-5-10/h5-6H2,1-4H3,(H,11,14)(H,12,15). The lowest BCUT2D eigenvalue weighted by molar-refractivity contribution is 0.0500. The van der Waals surface area contributed by atoms with Gasteiger partial charge in [-0.15, -0.1) is 11.6 Å². The number of alkyl halides is 1. The average molecular weight is 252 g/mol. The van der Waals surface area contributed by atoms with E-state index in [-0.39, 0.29) is 0 Å². The van der Waals surface area contributed by atoms with Crippen LogP contribution in [0.25, 0.3) is 0 Å². The van der Waals surface area contributed by atoms with Crippen LogP contribution < -0.4 is 10.9 Å². The number of hydrogen-bond acceptors (Lipinski definition) is 3. The van der Waals surface area contributed by atoms with E-state index >= 15 is 0 Å². The van der Waals surface area contributed by atoms with E-state index in [9.17, 15) is 9.59 Å². The second-order valence-corrected chi connectivity index (χ2v) is 4.55. The van der Waals surface area contributed by atoms with Crippen molar-refractivity contribution < 1.29 is 14.3 Å². The Hall–Kier alpha value is -1.17. The monoisotopic (exact) mass is 251 g/mol. The molecule has 0 bridgehead atoms. The third-order valence-corrected chi connectivity index (χ3v) is 1.61. The number of nitrogens with one attached hydrogen (secondary N) is 2. The SMILES string of the molecule is CN(CCCl)C(=O)NNC(=O)OC(C)(C)C. The molecule has 16 heavy (non-hydrogen) atoms. The van der Waals surface area contributed by atoms with Gasteiger partial charge in [-0.3, -0.25) is 0 Å². The topological polar surface area (TPSA) is 70.7 Å². The maximum Gasteiger partial charge on any atom is 0.426 e. The Bertz CT molecular complexity index is 253. The molecule has 0 rings (SSSR count). The van der Waals surface area contributed by atoms with Crippen LogP contribution in [-0.2, 0) is 4.74 Å². The molecule has 0 aliphatic rings. The lowest BCUT2D eigenvalue weighted by atomic mass is 10.2. The van der Waals surface area contributed by atoms with Gasteiger partial charge in [0.25, 0.3) is 0 Å². The van der Waals surface area contributed by atoms with E-state index in [1.54, 1.807) is 27.8 Å². The van der Waals surface area contributed by atoms with Gasteiger partial charge < -0.3 is 9.64 Å². The normalized spacial score (nSPS) is 10.6. The molecular formula is C9H18ClN3O3. The van der Waals surface area contributed by atoms with Crippen molar-refractivity contribution in [3.05, 3.63) is 0 Å². The Kier molecular flexibility index (Phi) is 5.95. The summed E-state index contributed by atoms with van der Waals surface area (Å²) in [5.41, 5.74) is 3.73. The molecule has 0 fully saturated rings. The number of ether oxygens (including phenoxy) is 1. The van der Waals surface area contributed by atoms with Crippen LogP contribution in [0.5, 0.6) is 0 Å². The van der Waals surface area contributed by atoms with Crippen LogP contribution >= 0.6 is 11.6 Å². The van der Waals surface area contributed by atoms with Crippen molar-refractivity contribution in [3.8, 4) is 0 Å². The summed E-state index contributed by atoms with van der Waals surface area (Å²) in [5, 5.41) is 0. The van der Waals surface area contributed by atoms with Gasteiger partial charge in [0.1, 0.15) is 5.60 Å². The largest absolute Gasteiger partial charge is 0.443 e. The van der Waals surface area contributed by atoms with Gasteiger partial charge in [0.05, 0.1) is 0 Å². The molecule has 0 aromatic rings. The van der Waals surface area contributed by atoms with Crippen molar-refractivity contribution >= 4 is 23.7 Å². The molecule has 0 atom stereocenters. The van der Waals surface area contributed by atoms with Gasteiger partial charge in [0.2, 0.25) is 0 Å². The van der Waals surface area contributed by atoms with E-state index in [0.29, 0.717) is 12.4 Å². The first kappa shape index (κ1) is 14.8. The minimum atomic E-state index is -0.708. The highest BCUT2D eigenvalue weighted by Crippen LogP contribution is 2.05. The molecule has 0 saturated carbocycles. The molecule has 0 aromatic heterocycles. The van der Waals surface area contributed by atoms with Gasteiger partial charge in [-0.05, 0) is 20.8 Å². The van der Waals surface area contributed by atoms with Crippen LogP contribution in [0.4, 0.5) is 9.59 Å². The zero-order valence-corrected chi connectivity index (χ0v) is 10.7. The first-order chi connectivity index (χ1) is 7.26. The molecule has 94 valence electrons. The highest BCUT2D eigenvalue weighted by molar-refractivity contribution is 6.18. The van der Waals surface area contributed by atoms with Crippen LogP contribution in [0, 0.1) is 0 Å². The predicted octanol–water partition coefficient (Wildman–Crippen LogP) is 1.31. The molecular weight excluding hydrogens is 234 g/mol. The minimum Gasteiger partial charge on any atom is -0.443 e. The summed E-state index contributed by atoms with van der Waals surface area (Å²) in [6.45, 7) is 5.58. The maximum absolute atomic E-state index is 11.3. The molecule has 6 nitrogen and oxygen atoms in total. The number of rotatable bonds is 2. The molecule has 0 aliphatic heterocycles. The lowest BCUT2D eigenvalue weighted by Gasteiger charge is -2.21. The van der Waals surface area contributed by atoms with E-state index < -0.39 is 17.7 Å². The summed E-state index contributed by atoms with van der Waals surface area (Å²) in [7, 11) is 1.56. The van der Waals surface area contributed by atoms with Crippen LogP contribution in [0.3, 0.4) is 0 Å². The van der Waals surface area contributed by atoms with E-state index in [4.69, 9.17) is 16.3 Å². The van der Waals surface area contributed by atoms with Gasteiger partial charge in [0.15, 0.2) is 0 Å². The van der Waals surface area contributed by atoms with E-state index in [1.807, 2.05) is 0 Å². The van der Waals surface area contributed by atoms with E-state index in [1.165, 1.54) is 4.90 Å². The van der Waals surface area contributed by atoms with Crippen LogP contribution in [0.15, 0.2) is 0 Å². The molecule has 0 aromatic carbocycles. The molecule has 0 radical (unpaired) electrons. The highest BCUT2D eigenvalue weighted by atomic mass is 35.5. The fourth-order valence-electron chi connectivity index (χ4n) is 0.732. The number of carbonyl (C=O) groups is 2. The van der Waals surface area contributed by atoms with Gasteiger partial charge in [0, 0.05) is 19.5 Å². The fraction of sp³-hybridized carbons (Fsp3) is 0.778. The van der Waals surface area contributed by atoms with Crippen LogP contribution in [0.1, 0.15) is 20.8 Å². The number of amides is 3. The zero-order valence-electron chi connectivity index (χ0n) is 9.96. The Morgan fingerprint density at radius 3 is 2.31 bits per heavy atom. The van der Waals surface area contributed by atoms with Gasteiger partial charge in [-0.25, -0.2) is 20.4 Å². The van der Waals surface area contributed by atoms with Crippen molar-refractivity contribution in [2.75, 3.05) is 19.5 Å². The van der Waals surface area contributed by atoms with E-state index in [0.717, 1.165) is 0 Å². The average Bonchev–Trinajstić information content (AvgIpc) is 2.11. The molecule has 0 spiro atoms. The minimum absolute atomic E-state index is 0.330. The zero-order chi connectivity index (χ0) is 12.8. The van der Waals surface area contributed by atoms with Crippen molar-refractivity contribution in [2.24, 2.45) is 0 Å². The molecule has 0 saturated heterocycles. The van der Waals surface area contributed by atoms with Crippen molar-refractivity contribution in [2.45, 2.75) is 26.4 Å². The molecule has 0 aliphatic carbocycles. The van der Waals surface area contributed by atoms with Gasteiger partial charge in [-0.1, -0.05) is 0 Å². The van der Waals surface area contributed by atoms with Crippen molar-refractivity contribution in [1.82, 2.24) is 15.8 Å². The molecule has 0 unspecified atom stereocenters. The summed E-state index contributed by atoms with van der Waals surface area (Å²) < 4.78 is 4.92. The summed E-state index contributed by atoms with van der Waals surface area (Å²) in [6.07, 6.45) is -0.708. The number of nitrogens with zero attached hydrogens (tertiary/aromatic N) is 1. The third kappa shape index (κ3) is 7.17. The number of carbonyl (C=O) groups excluding carboxylic acids is 2.